The van der Waals surface area contributed by atoms with Crippen LogP contribution in [0, 0.1) is 22.7 Å². The van der Waals surface area contributed by atoms with Gasteiger partial charge in [-0.3, -0.25) is 0 Å². The molecule has 1 aliphatic rings. The number of hydrogen-bond donors (Lipinski definition) is 0. The molecule has 0 aromatic heterocycles. The first kappa shape index (κ1) is 12.6. The average molecular weight is 236 g/mol. The zero-order valence-corrected chi connectivity index (χ0v) is 9.84. The van der Waals surface area contributed by atoms with E-state index in [1.165, 1.54) is 11.8 Å². The van der Waals surface area contributed by atoms with Gasteiger partial charge >= 0.3 is 0 Å². The van der Waals surface area contributed by atoms with Crippen molar-refractivity contribution in [1.82, 2.24) is 0 Å². The molecule has 1 fully saturated rings. The molecule has 1 aliphatic heterocycles. The summed E-state index contributed by atoms with van der Waals surface area (Å²) in [7, 11) is 0. The smallest absolute Gasteiger partial charge is 0.182 e. The van der Waals surface area contributed by atoms with Crippen LogP contribution in [0.1, 0.15) is 6.92 Å². The fraction of sp³-hybridized carbons (Fsp3) is 0.455. The molecule has 0 saturated carbocycles. The number of hydrogen-bond acceptors (Lipinski definition) is 5. The molecule has 1 saturated heterocycles. The van der Waals surface area contributed by atoms with Crippen molar-refractivity contribution in [3.63, 3.8) is 0 Å². The lowest BCUT2D eigenvalue weighted by Gasteiger charge is -2.10. The second-order valence-corrected chi connectivity index (χ2v) is 4.40. The lowest BCUT2D eigenvalue weighted by Crippen LogP contribution is -2.17. The maximum absolute atomic E-state index is 8.66. The number of allylic oxidation sites excluding steroid dienone is 1. The Kier molecular flexibility index (Phi) is 4.91. The summed E-state index contributed by atoms with van der Waals surface area (Å²) in [5, 5.41) is 17.7. The normalized spacial score (nSPS) is 18.4. The molecule has 0 aromatic carbocycles. The Hall–Kier alpha value is -1.43. The third-order valence-electron chi connectivity index (χ3n) is 1.75. The molecular weight excluding hydrogens is 224 g/mol. The molecule has 0 bridgehead atoms. The van der Waals surface area contributed by atoms with E-state index in [0.717, 1.165) is 5.57 Å². The predicted molar refractivity (Wildman–Crippen MR) is 61.2 cm³/mol. The first-order valence-corrected chi connectivity index (χ1v) is 5.72. The van der Waals surface area contributed by atoms with Gasteiger partial charge in [-0.25, -0.2) is 0 Å². The lowest BCUT2D eigenvalue weighted by molar-refractivity contribution is 0.0515. The Morgan fingerprint density at radius 3 is 2.88 bits per heavy atom. The third kappa shape index (κ3) is 3.62. The number of ether oxygens (including phenoxy) is 2. The molecule has 0 N–H and O–H groups in total. The maximum Gasteiger partial charge on any atom is 0.182 e. The van der Waals surface area contributed by atoms with Crippen LogP contribution in [-0.2, 0) is 9.47 Å². The Bertz CT molecular complexity index is 374. The number of thioether (sulfide) groups is 1. The van der Waals surface area contributed by atoms with Crippen molar-refractivity contribution in [2.45, 2.75) is 13.0 Å². The third-order valence-corrected chi connectivity index (χ3v) is 2.85. The Balaban J connectivity index is 2.42. The van der Waals surface area contributed by atoms with Crippen LogP contribution in [0.5, 0.6) is 0 Å². The topological polar surface area (TPSA) is 66.0 Å². The van der Waals surface area contributed by atoms with Crippen LogP contribution in [-0.4, -0.2) is 25.1 Å². The van der Waals surface area contributed by atoms with Crippen LogP contribution in [0.3, 0.4) is 0 Å². The number of nitrogens with zero attached hydrogens (tertiary/aromatic N) is 2. The van der Waals surface area contributed by atoms with Crippen molar-refractivity contribution in [2.24, 2.45) is 0 Å². The SMILES string of the molecule is C=C(C)COCC1CSC(=C(C#N)C#N)O1. The van der Waals surface area contributed by atoms with Gasteiger partial charge in [0.15, 0.2) is 10.7 Å². The number of nitriles is 2. The summed E-state index contributed by atoms with van der Waals surface area (Å²) < 4.78 is 10.8. The van der Waals surface area contributed by atoms with Gasteiger partial charge in [-0.05, 0) is 6.92 Å². The largest absolute Gasteiger partial charge is 0.479 e. The van der Waals surface area contributed by atoms with E-state index in [1.807, 2.05) is 6.92 Å². The maximum atomic E-state index is 8.66. The van der Waals surface area contributed by atoms with Gasteiger partial charge in [-0.15, -0.1) is 0 Å². The molecule has 0 radical (unpaired) electrons. The molecule has 5 heteroatoms. The second kappa shape index (κ2) is 6.22. The van der Waals surface area contributed by atoms with E-state index in [2.05, 4.69) is 6.58 Å². The molecule has 1 heterocycles. The minimum atomic E-state index is -0.0870. The summed E-state index contributed by atoms with van der Waals surface area (Å²) >= 11 is 1.38. The molecule has 0 amide bonds. The number of rotatable bonds is 4. The highest BCUT2D eigenvalue weighted by Crippen LogP contribution is 2.31. The van der Waals surface area contributed by atoms with Crippen molar-refractivity contribution in [1.29, 1.82) is 10.5 Å². The molecule has 0 aromatic rings. The van der Waals surface area contributed by atoms with E-state index in [-0.39, 0.29) is 11.7 Å². The van der Waals surface area contributed by atoms with E-state index >= 15 is 0 Å². The minimum Gasteiger partial charge on any atom is -0.479 e. The molecule has 0 aliphatic carbocycles. The summed E-state index contributed by atoms with van der Waals surface area (Å²) in [6.45, 7) is 6.57. The van der Waals surface area contributed by atoms with Gasteiger partial charge in [-0.1, -0.05) is 23.9 Å². The summed E-state index contributed by atoms with van der Waals surface area (Å²) in [5.74, 6) is 0.707. The molecule has 1 rings (SSSR count). The highest BCUT2D eigenvalue weighted by Gasteiger charge is 2.24. The summed E-state index contributed by atoms with van der Waals surface area (Å²) in [5.41, 5.74) is 0.989. The van der Waals surface area contributed by atoms with Gasteiger partial charge < -0.3 is 9.47 Å². The zero-order chi connectivity index (χ0) is 12.0. The summed E-state index contributed by atoms with van der Waals surface area (Å²) in [6, 6.07) is 3.61. The molecule has 1 unspecified atom stereocenters. The quantitative estimate of drug-likeness (QED) is 0.551. The van der Waals surface area contributed by atoms with Crippen molar-refractivity contribution >= 4 is 11.8 Å². The predicted octanol–water partition coefficient (Wildman–Crippen LogP) is 1.97. The van der Waals surface area contributed by atoms with Gasteiger partial charge in [0.25, 0.3) is 0 Å². The fourth-order valence-electron chi connectivity index (χ4n) is 1.08. The van der Waals surface area contributed by atoms with Crippen LogP contribution in [0.15, 0.2) is 22.8 Å². The molecule has 16 heavy (non-hydrogen) atoms. The van der Waals surface area contributed by atoms with E-state index in [4.69, 9.17) is 20.0 Å². The van der Waals surface area contributed by atoms with Crippen molar-refractivity contribution in [3.05, 3.63) is 22.8 Å². The van der Waals surface area contributed by atoms with Crippen molar-refractivity contribution < 1.29 is 9.47 Å². The van der Waals surface area contributed by atoms with E-state index < -0.39 is 0 Å². The lowest BCUT2D eigenvalue weighted by atomic mass is 10.3. The van der Waals surface area contributed by atoms with Gasteiger partial charge in [0, 0.05) is 5.75 Å². The second-order valence-electron chi connectivity index (χ2n) is 3.41. The van der Waals surface area contributed by atoms with Gasteiger partial charge in [0.1, 0.15) is 18.2 Å². The van der Waals surface area contributed by atoms with Crippen LogP contribution in [0.4, 0.5) is 0 Å². The van der Waals surface area contributed by atoms with Crippen LogP contribution >= 0.6 is 11.8 Å². The molecule has 84 valence electrons. The monoisotopic (exact) mass is 236 g/mol. The molecule has 4 nitrogen and oxygen atoms in total. The molecule has 1 atom stereocenters. The first-order chi connectivity index (χ1) is 7.67. The van der Waals surface area contributed by atoms with E-state index in [0.29, 0.717) is 24.1 Å². The highest BCUT2D eigenvalue weighted by molar-refractivity contribution is 8.03. The first-order valence-electron chi connectivity index (χ1n) is 4.73. The molecular formula is C11H12N2O2S. The van der Waals surface area contributed by atoms with E-state index in [1.54, 1.807) is 12.1 Å². The standard InChI is InChI=1S/C11H12N2O2S/c1-8(2)5-14-6-10-7-16-11(15-10)9(3-12)4-13/h10H,1,5-7H2,2H3. The molecule has 0 spiro atoms. The zero-order valence-electron chi connectivity index (χ0n) is 9.02. The van der Waals surface area contributed by atoms with Crippen molar-refractivity contribution in [2.75, 3.05) is 19.0 Å². The van der Waals surface area contributed by atoms with Crippen LogP contribution < -0.4 is 0 Å². The Morgan fingerprint density at radius 2 is 2.31 bits per heavy atom. The van der Waals surface area contributed by atoms with Gasteiger partial charge in [0.2, 0.25) is 0 Å². The van der Waals surface area contributed by atoms with Crippen LogP contribution in [0.25, 0.3) is 0 Å². The summed E-state index contributed by atoms with van der Waals surface area (Å²) in [4.78, 5) is 0. The van der Waals surface area contributed by atoms with Crippen LogP contribution in [0.2, 0.25) is 0 Å². The van der Waals surface area contributed by atoms with Gasteiger partial charge in [0.05, 0.1) is 13.2 Å². The van der Waals surface area contributed by atoms with E-state index in [9.17, 15) is 0 Å². The summed E-state index contributed by atoms with van der Waals surface area (Å²) in [6.07, 6.45) is -0.0870. The average Bonchev–Trinajstić information content (AvgIpc) is 2.68. The fourth-order valence-corrected chi connectivity index (χ4v) is 2.02. The van der Waals surface area contributed by atoms with Gasteiger partial charge in [-0.2, -0.15) is 10.5 Å². The van der Waals surface area contributed by atoms with Crippen molar-refractivity contribution in [3.8, 4) is 12.1 Å². The highest BCUT2D eigenvalue weighted by atomic mass is 32.2. The minimum absolute atomic E-state index is 0.0346. The Morgan fingerprint density at radius 1 is 1.62 bits per heavy atom. The Labute approximate surface area is 99.1 Å².